The molecule has 1 atom stereocenters. The Morgan fingerprint density at radius 2 is 2.12 bits per heavy atom. The van der Waals surface area contributed by atoms with E-state index in [-0.39, 0.29) is 0 Å². The molecule has 0 saturated heterocycles. The van der Waals surface area contributed by atoms with Gasteiger partial charge in [-0.15, -0.1) is 0 Å². The first-order valence-electron chi connectivity index (χ1n) is 6.32. The van der Waals surface area contributed by atoms with Crippen molar-refractivity contribution in [2.45, 2.75) is 50.3 Å². The molecule has 1 aliphatic rings. The zero-order chi connectivity index (χ0) is 11.4. The smallest absolute Gasteiger partial charge is 0.0443 e. The summed E-state index contributed by atoms with van der Waals surface area (Å²) >= 11 is 3.87. The van der Waals surface area contributed by atoms with E-state index in [4.69, 9.17) is 0 Å². The van der Waals surface area contributed by atoms with Gasteiger partial charge in [0.25, 0.3) is 0 Å². The standard InChI is InChI=1S/C14H20BrN/c1-11-6-5-9-16-14(11)10-13(15)12-7-3-2-4-8-12/h5-6,9,12-13H,2-4,7-8,10H2,1H3. The topological polar surface area (TPSA) is 12.9 Å². The number of hydrogen-bond donors (Lipinski definition) is 0. The summed E-state index contributed by atoms with van der Waals surface area (Å²) in [5.74, 6) is 0.857. The van der Waals surface area contributed by atoms with Gasteiger partial charge < -0.3 is 0 Å². The van der Waals surface area contributed by atoms with Crippen molar-refractivity contribution in [3.05, 3.63) is 29.6 Å². The molecule has 2 rings (SSSR count). The molecule has 1 saturated carbocycles. The molecule has 0 radical (unpaired) electrons. The summed E-state index contributed by atoms with van der Waals surface area (Å²) in [7, 11) is 0. The first-order valence-corrected chi connectivity index (χ1v) is 7.23. The first-order chi connectivity index (χ1) is 7.77. The molecule has 88 valence electrons. The van der Waals surface area contributed by atoms with Crippen molar-refractivity contribution in [2.75, 3.05) is 0 Å². The third kappa shape index (κ3) is 3.07. The van der Waals surface area contributed by atoms with Gasteiger partial charge >= 0.3 is 0 Å². The second kappa shape index (κ2) is 5.81. The van der Waals surface area contributed by atoms with Crippen molar-refractivity contribution in [3.8, 4) is 0 Å². The van der Waals surface area contributed by atoms with Crippen LogP contribution < -0.4 is 0 Å². The quantitative estimate of drug-likeness (QED) is 0.754. The van der Waals surface area contributed by atoms with Crippen LogP contribution in [0.4, 0.5) is 0 Å². The van der Waals surface area contributed by atoms with Gasteiger partial charge in [0.2, 0.25) is 0 Å². The Hall–Kier alpha value is -0.370. The molecule has 1 aromatic heterocycles. The van der Waals surface area contributed by atoms with Gasteiger partial charge in [0.15, 0.2) is 0 Å². The number of aromatic nitrogens is 1. The van der Waals surface area contributed by atoms with E-state index in [1.807, 2.05) is 12.3 Å². The molecular formula is C14H20BrN. The van der Waals surface area contributed by atoms with Gasteiger partial charge in [-0.1, -0.05) is 41.3 Å². The largest absolute Gasteiger partial charge is 0.261 e. The maximum absolute atomic E-state index is 4.48. The van der Waals surface area contributed by atoms with Crippen LogP contribution in [0.15, 0.2) is 18.3 Å². The molecule has 1 aromatic rings. The van der Waals surface area contributed by atoms with E-state index in [0.717, 1.165) is 12.3 Å². The summed E-state index contributed by atoms with van der Waals surface area (Å²) in [4.78, 5) is 5.10. The minimum atomic E-state index is 0.612. The van der Waals surface area contributed by atoms with E-state index in [0.29, 0.717) is 4.83 Å². The van der Waals surface area contributed by atoms with Crippen molar-refractivity contribution < 1.29 is 0 Å². The molecular weight excluding hydrogens is 262 g/mol. The normalized spacial score (nSPS) is 19.6. The second-order valence-corrected chi connectivity index (χ2v) is 6.06. The van der Waals surface area contributed by atoms with E-state index in [2.05, 4.69) is 33.9 Å². The summed E-state index contributed by atoms with van der Waals surface area (Å²) < 4.78 is 0. The fraction of sp³-hybridized carbons (Fsp3) is 0.643. The lowest BCUT2D eigenvalue weighted by Gasteiger charge is -2.26. The first kappa shape index (κ1) is 12.1. The second-order valence-electron chi connectivity index (χ2n) is 4.89. The highest BCUT2D eigenvalue weighted by Crippen LogP contribution is 2.31. The molecule has 0 bridgehead atoms. The lowest BCUT2D eigenvalue weighted by molar-refractivity contribution is 0.349. The average molecular weight is 282 g/mol. The molecule has 1 nitrogen and oxygen atoms in total. The van der Waals surface area contributed by atoms with Crippen LogP contribution in [0.5, 0.6) is 0 Å². The summed E-state index contributed by atoms with van der Waals surface area (Å²) in [5.41, 5.74) is 2.58. The van der Waals surface area contributed by atoms with E-state index in [1.165, 1.54) is 43.4 Å². The fourth-order valence-corrected chi connectivity index (χ4v) is 3.41. The molecule has 0 amide bonds. The maximum Gasteiger partial charge on any atom is 0.0443 e. The van der Waals surface area contributed by atoms with Gasteiger partial charge in [0.1, 0.15) is 0 Å². The fourth-order valence-electron chi connectivity index (χ4n) is 2.58. The molecule has 0 spiro atoms. The van der Waals surface area contributed by atoms with E-state index in [1.54, 1.807) is 0 Å². The third-order valence-corrected chi connectivity index (χ3v) is 4.74. The Balaban J connectivity index is 1.96. The monoisotopic (exact) mass is 281 g/mol. The summed E-state index contributed by atoms with van der Waals surface area (Å²) in [6, 6.07) is 4.17. The number of nitrogens with zero attached hydrogens (tertiary/aromatic N) is 1. The van der Waals surface area contributed by atoms with Crippen LogP contribution in [-0.2, 0) is 6.42 Å². The minimum Gasteiger partial charge on any atom is -0.261 e. The van der Waals surface area contributed by atoms with Gasteiger partial charge in [0, 0.05) is 23.1 Å². The van der Waals surface area contributed by atoms with E-state index in [9.17, 15) is 0 Å². The molecule has 1 aliphatic carbocycles. The maximum atomic E-state index is 4.48. The highest BCUT2D eigenvalue weighted by molar-refractivity contribution is 9.09. The van der Waals surface area contributed by atoms with Gasteiger partial charge in [-0.3, -0.25) is 4.98 Å². The number of rotatable bonds is 3. The Bertz CT molecular complexity index is 331. The number of alkyl halides is 1. The van der Waals surface area contributed by atoms with Crippen LogP contribution in [0.25, 0.3) is 0 Å². The van der Waals surface area contributed by atoms with Crippen molar-refractivity contribution in [1.82, 2.24) is 4.98 Å². The number of pyridine rings is 1. The molecule has 0 N–H and O–H groups in total. The highest BCUT2D eigenvalue weighted by atomic mass is 79.9. The van der Waals surface area contributed by atoms with Crippen LogP contribution in [0.2, 0.25) is 0 Å². The Labute approximate surface area is 107 Å². The molecule has 16 heavy (non-hydrogen) atoms. The Morgan fingerprint density at radius 1 is 1.38 bits per heavy atom. The van der Waals surface area contributed by atoms with Crippen LogP contribution >= 0.6 is 15.9 Å². The Morgan fingerprint density at radius 3 is 2.81 bits per heavy atom. The van der Waals surface area contributed by atoms with Crippen LogP contribution in [0.3, 0.4) is 0 Å². The lowest BCUT2D eigenvalue weighted by atomic mass is 9.85. The van der Waals surface area contributed by atoms with Crippen LogP contribution in [0, 0.1) is 12.8 Å². The average Bonchev–Trinajstić information content (AvgIpc) is 2.33. The van der Waals surface area contributed by atoms with Crippen LogP contribution in [0.1, 0.15) is 43.4 Å². The van der Waals surface area contributed by atoms with Gasteiger partial charge in [-0.25, -0.2) is 0 Å². The molecule has 1 unspecified atom stereocenters. The number of halogens is 1. The third-order valence-electron chi connectivity index (χ3n) is 3.67. The number of aryl methyl sites for hydroxylation is 1. The zero-order valence-corrected chi connectivity index (χ0v) is 11.5. The Kier molecular flexibility index (Phi) is 4.39. The van der Waals surface area contributed by atoms with E-state index >= 15 is 0 Å². The van der Waals surface area contributed by atoms with Crippen molar-refractivity contribution >= 4 is 15.9 Å². The SMILES string of the molecule is Cc1cccnc1CC(Br)C1CCCCC1. The van der Waals surface area contributed by atoms with Gasteiger partial charge in [-0.05, 0) is 37.3 Å². The van der Waals surface area contributed by atoms with Crippen molar-refractivity contribution in [1.29, 1.82) is 0 Å². The lowest BCUT2D eigenvalue weighted by Crippen LogP contribution is -2.20. The predicted octanol–water partition coefficient (Wildman–Crippen LogP) is 4.28. The molecule has 2 heteroatoms. The molecule has 1 heterocycles. The summed E-state index contributed by atoms with van der Waals surface area (Å²) in [5, 5.41) is 0. The van der Waals surface area contributed by atoms with E-state index < -0.39 is 0 Å². The van der Waals surface area contributed by atoms with Crippen LogP contribution in [-0.4, -0.2) is 9.81 Å². The summed E-state index contributed by atoms with van der Waals surface area (Å²) in [6.07, 6.45) is 10.0. The van der Waals surface area contributed by atoms with Crippen molar-refractivity contribution in [3.63, 3.8) is 0 Å². The zero-order valence-electron chi connectivity index (χ0n) is 9.95. The van der Waals surface area contributed by atoms with Gasteiger partial charge in [0.05, 0.1) is 0 Å². The number of hydrogen-bond acceptors (Lipinski definition) is 1. The van der Waals surface area contributed by atoms with Gasteiger partial charge in [-0.2, -0.15) is 0 Å². The minimum absolute atomic E-state index is 0.612. The molecule has 0 aromatic carbocycles. The highest BCUT2D eigenvalue weighted by Gasteiger charge is 2.22. The molecule has 0 aliphatic heterocycles. The predicted molar refractivity (Wildman–Crippen MR) is 72.0 cm³/mol. The van der Waals surface area contributed by atoms with Crippen molar-refractivity contribution in [2.24, 2.45) is 5.92 Å². The summed E-state index contributed by atoms with van der Waals surface area (Å²) in [6.45, 7) is 2.16. The molecule has 1 fully saturated rings.